The zero-order chi connectivity index (χ0) is 10.8. The number of fused-ring (bicyclic) bond motifs is 1. The topological polar surface area (TPSA) is 65.5 Å². The van der Waals surface area contributed by atoms with Crippen LogP contribution in [-0.4, -0.2) is 24.0 Å². The number of carbonyl (C=O) groups is 2. The molecule has 0 radical (unpaired) electrons. The summed E-state index contributed by atoms with van der Waals surface area (Å²) in [5, 5.41) is 0. The van der Waals surface area contributed by atoms with Crippen LogP contribution in [0.4, 0.5) is 0 Å². The maximum Gasteiger partial charge on any atom is 0.345 e. The first-order chi connectivity index (χ1) is 7.22. The lowest BCUT2D eigenvalue weighted by molar-refractivity contribution is -0.134. The van der Waals surface area contributed by atoms with E-state index in [9.17, 15) is 9.59 Å². The van der Waals surface area contributed by atoms with Crippen molar-refractivity contribution in [1.82, 2.24) is 4.98 Å². The van der Waals surface area contributed by atoms with Crippen LogP contribution < -0.4 is 0 Å². The second kappa shape index (κ2) is 3.53. The number of rotatable bonds is 1. The minimum Gasteiger partial charge on any atom is -0.466 e. The molecule has 0 bridgehead atoms. The number of ether oxygens (including phenoxy) is 2. The zero-order valence-corrected chi connectivity index (χ0v) is 7.89. The summed E-state index contributed by atoms with van der Waals surface area (Å²) < 4.78 is 9.29. The number of hydrogen-bond acceptors (Lipinski definition) is 5. The quantitative estimate of drug-likeness (QED) is 0.500. The molecule has 2 rings (SSSR count). The number of methoxy groups -OCH3 is 1. The first-order valence-corrected chi connectivity index (χ1v) is 4.19. The van der Waals surface area contributed by atoms with E-state index in [2.05, 4.69) is 9.72 Å². The molecule has 0 aromatic carbocycles. The van der Waals surface area contributed by atoms with Crippen molar-refractivity contribution in [2.75, 3.05) is 7.11 Å². The average Bonchev–Trinajstić information content (AvgIpc) is 2.57. The molecule has 1 aliphatic heterocycles. The molecule has 0 fully saturated rings. The number of hydrogen-bond donors (Lipinski definition) is 0. The van der Waals surface area contributed by atoms with Crippen LogP contribution >= 0.6 is 0 Å². The summed E-state index contributed by atoms with van der Waals surface area (Å²) >= 11 is 0. The van der Waals surface area contributed by atoms with E-state index in [1.54, 1.807) is 12.1 Å². The Labute approximate surface area is 85.3 Å². The Balaban J connectivity index is 2.45. The van der Waals surface area contributed by atoms with E-state index < -0.39 is 11.9 Å². The average molecular weight is 205 g/mol. The third kappa shape index (κ3) is 1.59. The van der Waals surface area contributed by atoms with Crippen molar-refractivity contribution in [3.8, 4) is 0 Å². The van der Waals surface area contributed by atoms with E-state index in [1.165, 1.54) is 13.3 Å². The number of aromatic nitrogens is 1. The molecule has 2 heterocycles. The summed E-state index contributed by atoms with van der Waals surface area (Å²) in [5.74, 6) is -0.966. The number of carbonyl (C=O) groups excluding carboxylic acids is 2. The lowest BCUT2D eigenvalue weighted by Crippen LogP contribution is -1.97. The molecule has 76 valence electrons. The Bertz CT molecular complexity index is 464. The smallest absolute Gasteiger partial charge is 0.345 e. The third-order valence-corrected chi connectivity index (χ3v) is 1.91. The van der Waals surface area contributed by atoms with Gasteiger partial charge >= 0.3 is 11.9 Å². The van der Waals surface area contributed by atoms with Gasteiger partial charge in [0.15, 0.2) is 5.76 Å². The molecule has 0 amide bonds. The molecule has 0 atom stereocenters. The van der Waals surface area contributed by atoms with Crippen molar-refractivity contribution in [1.29, 1.82) is 0 Å². The normalized spacial score (nSPS) is 16.1. The maximum atomic E-state index is 11.3. The molecular formula is C10H7NO4. The Morgan fingerprint density at radius 1 is 1.60 bits per heavy atom. The third-order valence-electron chi connectivity index (χ3n) is 1.91. The minimum atomic E-state index is -0.587. The summed E-state index contributed by atoms with van der Waals surface area (Å²) in [7, 11) is 1.25. The summed E-state index contributed by atoms with van der Waals surface area (Å²) in [6.07, 6.45) is 2.61. The van der Waals surface area contributed by atoms with Crippen molar-refractivity contribution in [3.63, 3.8) is 0 Å². The fourth-order valence-electron chi connectivity index (χ4n) is 1.23. The Morgan fingerprint density at radius 3 is 3.13 bits per heavy atom. The molecule has 0 spiro atoms. The summed E-state index contributed by atoms with van der Waals surface area (Å²) in [5.41, 5.74) is 0.723. The molecular weight excluding hydrogens is 198 g/mol. The molecule has 0 saturated heterocycles. The van der Waals surface area contributed by atoms with Gasteiger partial charge in [0.1, 0.15) is 5.69 Å². The van der Waals surface area contributed by atoms with Gasteiger partial charge in [-0.25, -0.2) is 9.59 Å². The highest BCUT2D eigenvalue weighted by Gasteiger charge is 2.28. The van der Waals surface area contributed by atoms with Crippen LogP contribution in [0.2, 0.25) is 0 Å². The molecule has 5 heteroatoms. The van der Waals surface area contributed by atoms with Crippen LogP contribution in [0.1, 0.15) is 16.1 Å². The van der Waals surface area contributed by atoms with Crippen LogP contribution in [0.25, 0.3) is 5.76 Å². The van der Waals surface area contributed by atoms with Gasteiger partial charge in [0.2, 0.25) is 0 Å². The first kappa shape index (κ1) is 9.39. The van der Waals surface area contributed by atoms with E-state index in [0.29, 0.717) is 11.3 Å². The summed E-state index contributed by atoms with van der Waals surface area (Å²) in [6, 6.07) is 3.21. The van der Waals surface area contributed by atoms with Gasteiger partial charge in [-0.05, 0) is 12.1 Å². The Hall–Kier alpha value is -2.17. The number of cyclic esters (lactones) is 1. The Kier molecular flexibility index (Phi) is 2.21. The van der Waals surface area contributed by atoms with E-state index >= 15 is 0 Å². The number of nitrogens with zero attached hydrogens (tertiary/aromatic N) is 1. The van der Waals surface area contributed by atoms with Gasteiger partial charge in [-0.3, -0.25) is 4.98 Å². The van der Waals surface area contributed by atoms with Crippen LogP contribution in [0, 0.1) is 0 Å². The first-order valence-electron chi connectivity index (χ1n) is 4.19. The predicted molar refractivity (Wildman–Crippen MR) is 49.6 cm³/mol. The molecule has 0 N–H and O–H groups in total. The van der Waals surface area contributed by atoms with Crippen LogP contribution in [0.5, 0.6) is 0 Å². The fraction of sp³-hybridized carbons (Fsp3) is 0.100. The van der Waals surface area contributed by atoms with E-state index in [-0.39, 0.29) is 5.76 Å². The zero-order valence-electron chi connectivity index (χ0n) is 7.89. The summed E-state index contributed by atoms with van der Waals surface area (Å²) in [6.45, 7) is 0. The van der Waals surface area contributed by atoms with Gasteiger partial charge in [-0.1, -0.05) is 0 Å². The van der Waals surface area contributed by atoms with Gasteiger partial charge in [0.05, 0.1) is 18.7 Å². The number of esters is 2. The van der Waals surface area contributed by atoms with E-state index in [0.717, 1.165) is 6.08 Å². The molecule has 0 saturated carbocycles. The van der Waals surface area contributed by atoms with E-state index in [4.69, 9.17) is 4.74 Å². The van der Waals surface area contributed by atoms with Gasteiger partial charge in [-0.15, -0.1) is 0 Å². The SMILES string of the molecule is COC(=O)/C=C1\OC(=O)c2cccnc21. The second-order valence-electron chi connectivity index (χ2n) is 2.82. The van der Waals surface area contributed by atoms with Crippen molar-refractivity contribution >= 4 is 17.7 Å². The maximum absolute atomic E-state index is 11.3. The molecule has 1 aliphatic rings. The van der Waals surface area contributed by atoms with Crippen molar-refractivity contribution < 1.29 is 19.1 Å². The molecule has 0 unspecified atom stereocenters. The monoisotopic (exact) mass is 205 g/mol. The van der Waals surface area contributed by atoms with Crippen LogP contribution in [-0.2, 0) is 14.3 Å². The van der Waals surface area contributed by atoms with Gasteiger partial charge in [-0.2, -0.15) is 0 Å². The van der Waals surface area contributed by atoms with Crippen LogP contribution in [0.15, 0.2) is 24.4 Å². The molecule has 0 aliphatic carbocycles. The molecule has 1 aromatic heterocycles. The summed E-state index contributed by atoms with van der Waals surface area (Å²) in [4.78, 5) is 26.2. The highest BCUT2D eigenvalue weighted by Crippen LogP contribution is 2.26. The lowest BCUT2D eigenvalue weighted by atomic mass is 10.2. The van der Waals surface area contributed by atoms with Crippen molar-refractivity contribution in [2.45, 2.75) is 0 Å². The predicted octanol–water partition coefficient (Wildman–Crippen LogP) is 0.766. The van der Waals surface area contributed by atoms with Crippen LogP contribution in [0.3, 0.4) is 0 Å². The molecule has 1 aromatic rings. The fourth-order valence-corrected chi connectivity index (χ4v) is 1.23. The second-order valence-corrected chi connectivity index (χ2v) is 2.82. The highest BCUT2D eigenvalue weighted by molar-refractivity contribution is 6.05. The Morgan fingerprint density at radius 2 is 2.40 bits per heavy atom. The minimum absolute atomic E-state index is 0.127. The van der Waals surface area contributed by atoms with Gasteiger partial charge < -0.3 is 9.47 Å². The van der Waals surface area contributed by atoms with Crippen molar-refractivity contribution in [3.05, 3.63) is 35.7 Å². The van der Waals surface area contributed by atoms with Gasteiger partial charge in [0.25, 0.3) is 0 Å². The standard InChI is InChI=1S/C10H7NO4/c1-14-8(12)5-7-9-6(10(13)15-7)3-2-4-11-9/h2-5H,1H3/b7-5-. The molecule has 15 heavy (non-hydrogen) atoms. The highest BCUT2D eigenvalue weighted by atomic mass is 16.5. The number of pyridine rings is 1. The van der Waals surface area contributed by atoms with Gasteiger partial charge in [0, 0.05) is 6.20 Å². The van der Waals surface area contributed by atoms with E-state index in [1.807, 2.05) is 0 Å². The largest absolute Gasteiger partial charge is 0.466 e. The van der Waals surface area contributed by atoms with Crippen molar-refractivity contribution in [2.24, 2.45) is 0 Å². The lowest BCUT2D eigenvalue weighted by Gasteiger charge is -1.95. The molecule has 5 nitrogen and oxygen atoms in total.